The first-order chi connectivity index (χ1) is 14.7. The number of rotatable bonds is 9. The molecule has 2 aromatic carbocycles. The molecule has 1 aliphatic rings. The summed E-state index contributed by atoms with van der Waals surface area (Å²) in [5.74, 6) is 1.23. The van der Waals surface area contributed by atoms with Gasteiger partial charge in [0.25, 0.3) is 5.91 Å². The van der Waals surface area contributed by atoms with Crippen molar-refractivity contribution >= 4 is 12.0 Å². The summed E-state index contributed by atoms with van der Waals surface area (Å²) in [6, 6.07) is 16.0. The van der Waals surface area contributed by atoms with Gasteiger partial charge in [0.15, 0.2) is 18.1 Å². The molecule has 158 valence electrons. The van der Waals surface area contributed by atoms with Crippen LogP contribution in [0.3, 0.4) is 0 Å². The van der Waals surface area contributed by atoms with E-state index in [4.69, 9.17) is 9.47 Å². The number of methoxy groups -OCH3 is 1. The van der Waals surface area contributed by atoms with Crippen LogP contribution in [0.4, 0.5) is 0 Å². The molecule has 1 amide bonds. The van der Waals surface area contributed by atoms with Gasteiger partial charge in [0.05, 0.1) is 7.11 Å². The highest BCUT2D eigenvalue weighted by molar-refractivity contribution is 5.78. The molecule has 5 nitrogen and oxygen atoms in total. The molecule has 0 bridgehead atoms. The molecule has 1 fully saturated rings. The molecular weight excluding hydrogens is 376 g/mol. The van der Waals surface area contributed by atoms with Gasteiger partial charge in [-0.3, -0.25) is 9.69 Å². The minimum Gasteiger partial charge on any atom is -0.493 e. The van der Waals surface area contributed by atoms with Crippen LogP contribution in [0.25, 0.3) is 6.08 Å². The Bertz CT molecular complexity index is 856. The second-order valence-corrected chi connectivity index (χ2v) is 7.26. The van der Waals surface area contributed by atoms with Crippen LogP contribution in [-0.2, 0) is 11.2 Å². The Morgan fingerprint density at radius 1 is 1.07 bits per heavy atom. The quantitative estimate of drug-likeness (QED) is 0.596. The first-order valence-electron chi connectivity index (χ1n) is 10.3. The van der Waals surface area contributed by atoms with Crippen molar-refractivity contribution in [3.05, 3.63) is 78.4 Å². The summed E-state index contributed by atoms with van der Waals surface area (Å²) in [5.41, 5.74) is 2.30. The van der Waals surface area contributed by atoms with Crippen molar-refractivity contribution in [2.45, 2.75) is 6.42 Å². The molecule has 0 atom stereocenters. The van der Waals surface area contributed by atoms with Crippen LogP contribution in [0, 0.1) is 0 Å². The minimum absolute atomic E-state index is 0.00620. The van der Waals surface area contributed by atoms with E-state index in [0.29, 0.717) is 11.5 Å². The van der Waals surface area contributed by atoms with E-state index in [1.807, 2.05) is 47.4 Å². The summed E-state index contributed by atoms with van der Waals surface area (Å²) >= 11 is 0. The van der Waals surface area contributed by atoms with E-state index >= 15 is 0 Å². The highest BCUT2D eigenvalue weighted by Crippen LogP contribution is 2.28. The maximum absolute atomic E-state index is 12.6. The number of carbonyl (C=O) groups excluding carboxylic acids is 1. The van der Waals surface area contributed by atoms with Crippen molar-refractivity contribution in [3.63, 3.8) is 0 Å². The van der Waals surface area contributed by atoms with Crippen molar-refractivity contribution in [2.75, 3.05) is 46.4 Å². The largest absolute Gasteiger partial charge is 0.493 e. The molecule has 1 aliphatic heterocycles. The average molecular weight is 407 g/mol. The maximum atomic E-state index is 12.6. The van der Waals surface area contributed by atoms with Crippen LogP contribution in [0.2, 0.25) is 0 Å². The van der Waals surface area contributed by atoms with Crippen LogP contribution in [0.1, 0.15) is 11.1 Å². The molecule has 0 saturated carbocycles. The zero-order valence-electron chi connectivity index (χ0n) is 17.6. The molecule has 0 aliphatic carbocycles. The third-order valence-electron chi connectivity index (χ3n) is 5.16. The van der Waals surface area contributed by atoms with Gasteiger partial charge in [-0.15, -0.1) is 6.58 Å². The molecule has 3 rings (SSSR count). The highest BCUT2D eigenvalue weighted by atomic mass is 16.5. The zero-order chi connectivity index (χ0) is 21.2. The fourth-order valence-electron chi connectivity index (χ4n) is 3.44. The molecule has 30 heavy (non-hydrogen) atoms. The van der Waals surface area contributed by atoms with Gasteiger partial charge in [-0.05, 0) is 29.7 Å². The highest BCUT2D eigenvalue weighted by Gasteiger charge is 2.21. The van der Waals surface area contributed by atoms with Crippen molar-refractivity contribution < 1.29 is 14.3 Å². The Labute approximate surface area is 179 Å². The van der Waals surface area contributed by atoms with Crippen LogP contribution < -0.4 is 9.47 Å². The van der Waals surface area contributed by atoms with E-state index in [-0.39, 0.29) is 12.5 Å². The van der Waals surface area contributed by atoms with E-state index in [1.165, 1.54) is 5.56 Å². The van der Waals surface area contributed by atoms with Crippen LogP contribution in [-0.4, -0.2) is 62.1 Å². The number of nitrogens with zero attached hydrogens (tertiary/aromatic N) is 2. The molecule has 1 heterocycles. The van der Waals surface area contributed by atoms with Crippen molar-refractivity contribution in [1.29, 1.82) is 0 Å². The third-order valence-corrected chi connectivity index (χ3v) is 5.16. The Morgan fingerprint density at radius 2 is 1.83 bits per heavy atom. The SMILES string of the molecule is C=CCc1ccc(OCC(=O)N2CCN(CC=Cc3ccccc3)CC2)c(OC)c1. The molecule has 0 N–H and O–H groups in total. The predicted octanol–water partition coefficient (Wildman–Crippen LogP) is 3.66. The third kappa shape index (κ3) is 6.22. The van der Waals surface area contributed by atoms with Crippen LogP contribution >= 0.6 is 0 Å². The molecule has 2 aromatic rings. The fraction of sp³-hybridized carbons (Fsp3) is 0.320. The Balaban J connectivity index is 1.43. The maximum Gasteiger partial charge on any atom is 0.260 e. The first-order valence-corrected chi connectivity index (χ1v) is 10.3. The molecule has 0 unspecified atom stereocenters. The standard InChI is InChI=1S/C25H30N2O3/c1-3-8-22-12-13-23(24(19-22)29-2)30-20-25(28)27-17-15-26(16-18-27)14-7-11-21-9-5-4-6-10-21/h3-7,9-13,19H,1,8,14-18,20H2,2H3. The molecular formula is C25H30N2O3. The first kappa shape index (κ1) is 21.7. The fourth-order valence-corrected chi connectivity index (χ4v) is 3.44. The number of carbonyl (C=O) groups is 1. The summed E-state index contributed by atoms with van der Waals surface area (Å²) < 4.78 is 11.1. The molecule has 5 heteroatoms. The zero-order valence-corrected chi connectivity index (χ0v) is 17.6. The Kier molecular flexibility index (Phi) is 8.10. The van der Waals surface area contributed by atoms with Gasteiger partial charge in [0.1, 0.15) is 0 Å². The lowest BCUT2D eigenvalue weighted by Gasteiger charge is -2.34. The normalized spacial score (nSPS) is 14.6. The number of allylic oxidation sites excluding steroid dienone is 1. The van der Waals surface area contributed by atoms with E-state index < -0.39 is 0 Å². The van der Waals surface area contributed by atoms with Gasteiger partial charge in [0.2, 0.25) is 0 Å². The second kappa shape index (κ2) is 11.2. The molecule has 0 spiro atoms. The lowest BCUT2D eigenvalue weighted by Crippen LogP contribution is -2.49. The van der Waals surface area contributed by atoms with Gasteiger partial charge in [-0.2, -0.15) is 0 Å². The lowest BCUT2D eigenvalue weighted by molar-refractivity contribution is -0.135. The summed E-state index contributed by atoms with van der Waals surface area (Å²) in [4.78, 5) is 16.8. The molecule has 1 saturated heterocycles. The van der Waals surface area contributed by atoms with Crippen molar-refractivity contribution in [3.8, 4) is 11.5 Å². The topological polar surface area (TPSA) is 42.0 Å². The number of ether oxygens (including phenoxy) is 2. The van der Waals surface area contributed by atoms with Gasteiger partial charge in [-0.1, -0.05) is 54.6 Å². The number of hydrogen-bond donors (Lipinski definition) is 0. The number of piperazine rings is 1. The van der Waals surface area contributed by atoms with Gasteiger partial charge < -0.3 is 14.4 Å². The number of benzene rings is 2. The second-order valence-electron chi connectivity index (χ2n) is 7.26. The summed E-state index contributed by atoms with van der Waals surface area (Å²) in [6.07, 6.45) is 6.92. The molecule has 0 aromatic heterocycles. The average Bonchev–Trinajstić information content (AvgIpc) is 2.79. The van der Waals surface area contributed by atoms with Crippen LogP contribution in [0.5, 0.6) is 11.5 Å². The van der Waals surface area contributed by atoms with Gasteiger partial charge in [-0.25, -0.2) is 0 Å². The van der Waals surface area contributed by atoms with Gasteiger partial charge >= 0.3 is 0 Å². The van der Waals surface area contributed by atoms with Gasteiger partial charge in [0, 0.05) is 32.7 Å². The van der Waals surface area contributed by atoms with Crippen molar-refractivity contribution in [1.82, 2.24) is 9.80 Å². The lowest BCUT2D eigenvalue weighted by atomic mass is 10.1. The number of amides is 1. The summed E-state index contributed by atoms with van der Waals surface area (Å²) in [7, 11) is 1.60. The van der Waals surface area contributed by atoms with E-state index in [2.05, 4.69) is 35.8 Å². The minimum atomic E-state index is 0.00620. The Hall–Kier alpha value is -3.05. The monoisotopic (exact) mass is 406 g/mol. The molecule has 0 radical (unpaired) electrons. The van der Waals surface area contributed by atoms with E-state index in [0.717, 1.165) is 44.7 Å². The van der Waals surface area contributed by atoms with E-state index in [9.17, 15) is 4.79 Å². The van der Waals surface area contributed by atoms with E-state index in [1.54, 1.807) is 7.11 Å². The predicted molar refractivity (Wildman–Crippen MR) is 121 cm³/mol. The summed E-state index contributed by atoms with van der Waals surface area (Å²) in [5, 5.41) is 0. The smallest absolute Gasteiger partial charge is 0.260 e. The van der Waals surface area contributed by atoms with Crippen LogP contribution in [0.15, 0.2) is 67.3 Å². The van der Waals surface area contributed by atoms with Crippen molar-refractivity contribution in [2.24, 2.45) is 0 Å². The summed E-state index contributed by atoms with van der Waals surface area (Å²) in [6.45, 7) is 7.83. The Morgan fingerprint density at radius 3 is 2.53 bits per heavy atom. The number of hydrogen-bond acceptors (Lipinski definition) is 4.